The van der Waals surface area contributed by atoms with Crippen molar-refractivity contribution in [1.82, 2.24) is 9.88 Å². The Morgan fingerprint density at radius 1 is 1.19 bits per heavy atom. The minimum absolute atomic E-state index is 0.215. The summed E-state index contributed by atoms with van der Waals surface area (Å²) in [6, 6.07) is 9.44. The van der Waals surface area contributed by atoms with Crippen LogP contribution in [0.2, 0.25) is 0 Å². The van der Waals surface area contributed by atoms with E-state index in [0.29, 0.717) is 11.3 Å². The molecule has 1 aromatic carbocycles. The number of pyridine rings is 1. The smallest absolute Gasteiger partial charge is 0.315 e. The van der Waals surface area contributed by atoms with Gasteiger partial charge in [0.2, 0.25) is 0 Å². The summed E-state index contributed by atoms with van der Waals surface area (Å²) in [6.45, 7) is 2.36. The first-order chi connectivity index (χ1) is 14.7. The number of ether oxygens (including phenoxy) is 2. The molecule has 0 saturated carbocycles. The largest absolute Gasteiger partial charge is 0.379 e. The fourth-order valence-corrected chi connectivity index (χ4v) is 4.10. The minimum atomic E-state index is -3.24. The lowest BCUT2D eigenvalue weighted by molar-refractivity contribution is -0.186. The average Bonchev–Trinajstić information content (AvgIpc) is 3.01. The summed E-state index contributed by atoms with van der Waals surface area (Å²) < 4.78 is 50.7. The van der Waals surface area contributed by atoms with Crippen molar-refractivity contribution < 1.29 is 32.5 Å². The summed E-state index contributed by atoms with van der Waals surface area (Å²) in [4.78, 5) is 17.1. The molecule has 2 saturated heterocycles. The van der Waals surface area contributed by atoms with E-state index in [4.69, 9.17) is 9.47 Å². The normalized spacial score (nSPS) is 24.3. The third-order valence-corrected chi connectivity index (χ3v) is 5.75. The second-order valence-corrected chi connectivity index (χ2v) is 8.29. The maximum Gasteiger partial charge on any atom is 0.315 e. The van der Waals surface area contributed by atoms with Crippen molar-refractivity contribution in [3.05, 3.63) is 53.9 Å². The van der Waals surface area contributed by atoms with E-state index in [0.717, 1.165) is 16.0 Å². The van der Waals surface area contributed by atoms with Crippen LogP contribution in [0.1, 0.15) is 31.2 Å². The van der Waals surface area contributed by atoms with Gasteiger partial charge in [-0.2, -0.15) is 8.78 Å². The molecule has 0 bridgehead atoms. The molecular weight excluding hydrogens is 413 g/mol. The van der Waals surface area contributed by atoms with Crippen LogP contribution in [0.15, 0.2) is 42.6 Å². The van der Waals surface area contributed by atoms with Crippen LogP contribution in [0.3, 0.4) is 0 Å². The number of hydrogen-bond acceptors (Lipinski definition) is 5. The van der Waals surface area contributed by atoms with E-state index in [1.165, 1.54) is 13.8 Å². The standard InChI is InChI=1S/C22H23F3N2O4/c1-21(2)27(20(28)19(24)25)16(9-23)18(31-21)14-5-3-13(4-6-14)15-7-8-17(26-10-15)22(29)11-30-12-22/h3-8,10,16,18-19,29H,9,11-12H2,1-2H3. The lowest BCUT2D eigenvalue weighted by atomic mass is 9.95. The van der Waals surface area contributed by atoms with E-state index >= 15 is 0 Å². The molecule has 2 aromatic rings. The van der Waals surface area contributed by atoms with Gasteiger partial charge in [0.25, 0.3) is 5.91 Å². The lowest BCUT2D eigenvalue weighted by Crippen LogP contribution is -2.51. The number of hydrogen-bond donors (Lipinski definition) is 1. The van der Waals surface area contributed by atoms with Gasteiger partial charge in [-0.25, -0.2) is 4.39 Å². The van der Waals surface area contributed by atoms with Crippen LogP contribution < -0.4 is 0 Å². The molecule has 1 N–H and O–H groups in total. The van der Waals surface area contributed by atoms with E-state index in [2.05, 4.69) is 4.98 Å². The maximum absolute atomic E-state index is 13.8. The van der Waals surface area contributed by atoms with Crippen molar-refractivity contribution in [1.29, 1.82) is 0 Å². The molecule has 2 aliphatic heterocycles. The van der Waals surface area contributed by atoms with Gasteiger partial charge in [0, 0.05) is 11.8 Å². The molecular formula is C22H23F3N2O4. The van der Waals surface area contributed by atoms with Crippen molar-refractivity contribution in [2.24, 2.45) is 0 Å². The van der Waals surface area contributed by atoms with Gasteiger partial charge >= 0.3 is 6.43 Å². The molecule has 31 heavy (non-hydrogen) atoms. The van der Waals surface area contributed by atoms with Gasteiger partial charge < -0.3 is 19.5 Å². The zero-order valence-electron chi connectivity index (χ0n) is 17.1. The zero-order valence-corrected chi connectivity index (χ0v) is 17.1. The van der Waals surface area contributed by atoms with E-state index in [1.807, 2.05) is 6.07 Å². The number of amides is 1. The lowest BCUT2D eigenvalue weighted by Gasteiger charge is -2.35. The number of rotatable bonds is 5. The van der Waals surface area contributed by atoms with Crippen LogP contribution >= 0.6 is 0 Å². The number of alkyl halides is 3. The highest BCUT2D eigenvalue weighted by Crippen LogP contribution is 2.42. The summed E-state index contributed by atoms with van der Waals surface area (Å²) >= 11 is 0. The number of nitrogens with zero attached hydrogens (tertiary/aromatic N) is 2. The molecule has 166 valence electrons. The van der Waals surface area contributed by atoms with Crippen molar-refractivity contribution >= 4 is 5.91 Å². The highest BCUT2D eigenvalue weighted by atomic mass is 19.3. The molecule has 0 aliphatic carbocycles. The minimum Gasteiger partial charge on any atom is -0.379 e. The highest BCUT2D eigenvalue weighted by Gasteiger charge is 2.52. The fraction of sp³-hybridized carbons (Fsp3) is 0.455. The molecule has 0 spiro atoms. The quantitative estimate of drug-likeness (QED) is 0.780. The van der Waals surface area contributed by atoms with Crippen molar-refractivity contribution in [3.63, 3.8) is 0 Å². The molecule has 3 heterocycles. The van der Waals surface area contributed by atoms with Crippen molar-refractivity contribution in [2.45, 2.75) is 43.7 Å². The molecule has 0 radical (unpaired) electrons. The van der Waals surface area contributed by atoms with Gasteiger partial charge in [-0.15, -0.1) is 0 Å². The van der Waals surface area contributed by atoms with E-state index in [9.17, 15) is 23.1 Å². The van der Waals surface area contributed by atoms with Crippen LogP contribution in [-0.4, -0.2) is 59.0 Å². The fourth-order valence-electron chi connectivity index (χ4n) is 4.10. The highest BCUT2D eigenvalue weighted by molar-refractivity contribution is 5.80. The summed E-state index contributed by atoms with van der Waals surface area (Å²) in [5.41, 5.74) is 0.346. The van der Waals surface area contributed by atoms with Crippen molar-refractivity contribution in [3.8, 4) is 11.1 Å². The second kappa shape index (κ2) is 7.89. The Kier molecular flexibility index (Phi) is 5.53. The third-order valence-electron chi connectivity index (χ3n) is 5.75. The van der Waals surface area contributed by atoms with Crippen LogP contribution in [0.4, 0.5) is 13.2 Å². The molecule has 2 unspecified atom stereocenters. The van der Waals surface area contributed by atoms with Crippen LogP contribution in [0.5, 0.6) is 0 Å². The number of carbonyl (C=O) groups is 1. The van der Waals surface area contributed by atoms with Crippen LogP contribution in [0, 0.1) is 0 Å². The Labute approximate surface area is 177 Å². The van der Waals surface area contributed by atoms with Crippen molar-refractivity contribution in [2.75, 3.05) is 19.9 Å². The Balaban J connectivity index is 1.55. The Bertz CT molecular complexity index is 946. The molecule has 1 amide bonds. The first kappa shape index (κ1) is 21.7. The SMILES string of the molecule is CC1(C)OC(c2ccc(-c3ccc(C4(O)COC4)nc3)cc2)C(CF)N1C(=O)C(F)F. The van der Waals surface area contributed by atoms with Gasteiger partial charge in [-0.1, -0.05) is 30.3 Å². The Morgan fingerprint density at radius 2 is 1.84 bits per heavy atom. The Hall–Kier alpha value is -2.49. The van der Waals surface area contributed by atoms with Gasteiger partial charge in [0.05, 0.1) is 24.9 Å². The zero-order chi connectivity index (χ0) is 22.4. The summed E-state index contributed by atoms with van der Waals surface area (Å²) in [5.74, 6) is -1.45. The topological polar surface area (TPSA) is 71.9 Å². The monoisotopic (exact) mass is 436 g/mol. The molecule has 6 nitrogen and oxygen atoms in total. The number of benzene rings is 1. The average molecular weight is 436 g/mol. The maximum atomic E-state index is 13.8. The molecule has 1 aromatic heterocycles. The number of aromatic nitrogens is 1. The number of aliphatic hydroxyl groups is 1. The molecule has 2 atom stereocenters. The van der Waals surface area contributed by atoms with Gasteiger partial charge in [-0.3, -0.25) is 9.78 Å². The summed E-state index contributed by atoms with van der Waals surface area (Å²) in [6.07, 6.45) is -2.47. The van der Waals surface area contributed by atoms with Crippen LogP contribution in [-0.2, 0) is 19.9 Å². The first-order valence-corrected chi connectivity index (χ1v) is 9.88. The van der Waals surface area contributed by atoms with E-state index in [1.54, 1.807) is 36.5 Å². The number of carbonyl (C=O) groups excluding carboxylic acids is 1. The van der Waals surface area contributed by atoms with E-state index < -0.39 is 42.5 Å². The van der Waals surface area contributed by atoms with Gasteiger partial charge in [0.1, 0.15) is 18.5 Å². The third kappa shape index (κ3) is 3.81. The second-order valence-electron chi connectivity index (χ2n) is 8.29. The van der Waals surface area contributed by atoms with Crippen LogP contribution in [0.25, 0.3) is 11.1 Å². The Morgan fingerprint density at radius 3 is 2.32 bits per heavy atom. The first-order valence-electron chi connectivity index (χ1n) is 9.88. The number of halogens is 3. The molecule has 4 rings (SSSR count). The van der Waals surface area contributed by atoms with E-state index in [-0.39, 0.29) is 13.2 Å². The molecule has 2 fully saturated rings. The summed E-state index contributed by atoms with van der Waals surface area (Å²) in [7, 11) is 0. The predicted octanol–water partition coefficient (Wildman–Crippen LogP) is 3.21. The van der Waals surface area contributed by atoms with Gasteiger partial charge in [-0.05, 0) is 31.0 Å². The summed E-state index contributed by atoms with van der Waals surface area (Å²) in [5, 5.41) is 10.3. The van der Waals surface area contributed by atoms with Gasteiger partial charge in [0.15, 0.2) is 5.60 Å². The molecule has 2 aliphatic rings. The predicted molar refractivity (Wildman–Crippen MR) is 105 cm³/mol. The molecule has 9 heteroatoms.